The van der Waals surface area contributed by atoms with Crippen LogP contribution in [0.5, 0.6) is 0 Å². The van der Waals surface area contributed by atoms with Crippen molar-refractivity contribution in [1.29, 1.82) is 0 Å². The van der Waals surface area contributed by atoms with Gasteiger partial charge in [0.2, 0.25) is 0 Å². The molecule has 1 aliphatic heterocycles. The zero-order chi connectivity index (χ0) is 58.3. The molecule has 9 fully saturated rings. The van der Waals surface area contributed by atoms with Crippen molar-refractivity contribution in [2.75, 3.05) is 5.33 Å². The van der Waals surface area contributed by atoms with E-state index in [0.717, 1.165) is 93.1 Å². The Morgan fingerprint density at radius 1 is 0.585 bits per heavy atom. The molecule has 7 radical (unpaired) electrons. The number of epoxide rings is 1. The monoisotopic (exact) mass is 1280 g/mol. The van der Waals surface area contributed by atoms with E-state index in [0.29, 0.717) is 47.3 Å². The van der Waals surface area contributed by atoms with E-state index in [1.807, 2.05) is 59.8 Å². The number of carbonyl (C=O) groups is 4. The summed E-state index contributed by atoms with van der Waals surface area (Å²) in [5.41, 5.74) is -0.911. The van der Waals surface area contributed by atoms with Crippen molar-refractivity contribution in [2.24, 2.45) is 87.8 Å². The summed E-state index contributed by atoms with van der Waals surface area (Å²) in [4.78, 5) is 47.8. The van der Waals surface area contributed by atoms with Crippen LogP contribution in [0, 0.1) is 94.7 Å². The maximum atomic E-state index is 12.4. The summed E-state index contributed by atoms with van der Waals surface area (Å²) in [7, 11) is 8.00. The van der Waals surface area contributed by atoms with Gasteiger partial charge in [0, 0.05) is 29.2 Å². The van der Waals surface area contributed by atoms with Gasteiger partial charge in [-0.05, 0) is 211 Å². The van der Waals surface area contributed by atoms with Crippen LogP contribution in [-0.2, 0) is 33.4 Å². The summed E-state index contributed by atoms with van der Waals surface area (Å²) in [6.45, 7) is 32.3. The fraction of sp³-hybridized carbons (Fsp3) is 0.773. The van der Waals surface area contributed by atoms with Gasteiger partial charge in [-0.15, -0.1) is 26.3 Å². The second-order valence-electron chi connectivity index (χ2n) is 26.1. The first kappa shape index (κ1) is 82.4. The molecule has 82 heavy (non-hydrogen) atoms. The smallest absolute Gasteiger partial charge is 1.00 e. The minimum atomic E-state index is -0.921. The second kappa shape index (κ2) is 41.4. The molecule has 10 nitrogen and oxygen atoms in total. The number of carboxylic acids is 2. The molecule has 0 aromatic carbocycles. The average Bonchev–Trinajstić information content (AvgIpc) is 4.20. The Morgan fingerprint density at radius 3 is 1.13 bits per heavy atom. The van der Waals surface area contributed by atoms with Crippen molar-refractivity contribution in [3.63, 3.8) is 0 Å². The molecule has 0 spiro atoms. The number of aliphatic carboxylic acids is 2. The minimum absolute atomic E-state index is 0. The molecular weight excluding hydrogens is 1170 g/mol. The van der Waals surface area contributed by atoms with Crippen LogP contribution in [0.25, 0.3) is 0 Å². The molecular formula is C66H108B3Br2MgO10. The van der Waals surface area contributed by atoms with Gasteiger partial charge >= 0.3 is 46.9 Å². The van der Waals surface area contributed by atoms with Gasteiger partial charge in [0.1, 0.15) is 12.2 Å². The van der Waals surface area contributed by atoms with Gasteiger partial charge in [0.25, 0.3) is 0 Å². The van der Waals surface area contributed by atoms with Gasteiger partial charge in [-0.2, -0.15) is 0 Å². The molecule has 0 unspecified atom stereocenters. The van der Waals surface area contributed by atoms with Crippen LogP contribution in [0.2, 0.25) is 0 Å². The van der Waals surface area contributed by atoms with Gasteiger partial charge in [-0.1, -0.05) is 89.2 Å². The quantitative estimate of drug-likeness (QED) is 0.0192. The van der Waals surface area contributed by atoms with E-state index in [1.165, 1.54) is 83.1 Å². The van der Waals surface area contributed by atoms with Crippen molar-refractivity contribution in [3.8, 4) is 0 Å². The molecule has 0 aromatic rings. The number of fused-ring (bicyclic) bond motifs is 11. The molecule has 8 aliphatic carbocycles. The van der Waals surface area contributed by atoms with E-state index in [2.05, 4.69) is 71.2 Å². The number of esters is 2. The zero-order valence-electron chi connectivity index (χ0n) is 50.9. The Morgan fingerprint density at radius 2 is 0.866 bits per heavy atom. The standard InChI is InChI=1S/2C20H32O4.C12H20O.C7H10O.C3H5Br.C3H5.CH4.B2.B.BrH.Mg/c2*1-5-6-7-8-15-13-9-10-14(11-13)18(15)24-17(21)12-16(19(22)23)20(2,3)4;1-2-3-4-5-11-9-6-7-10(8-9)12(11)13;1-2-5-3-4(1)6-7(5)8-6;1-2-3-4;1-3-2;;1-2;;;/h2*5,13-16,18H,1,6-12H2,2-4H3,(H,22,23);2,9-13H,1,3-8H2;4-7H,1-3H2;2H,1,3H2;3H,1-2H2;1H4;;;1H;/q;;;;;-1;;;;;+2/p-1/t13-,14+,15-,16+,18-;13-,14+,15-,16-,18-;9-,10+,11-,12-;4-,5+,6+,7-;;;;;;;/m011......../s1. The molecule has 18 atom stereocenters. The van der Waals surface area contributed by atoms with E-state index >= 15 is 0 Å². The van der Waals surface area contributed by atoms with E-state index in [-0.39, 0.29) is 99.0 Å². The molecule has 8 saturated carbocycles. The first-order valence-electron chi connectivity index (χ1n) is 30.0. The maximum absolute atomic E-state index is 12.4. The Labute approximate surface area is 539 Å². The molecule has 1 saturated heterocycles. The van der Waals surface area contributed by atoms with E-state index in [1.54, 1.807) is 6.08 Å². The largest absolute Gasteiger partial charge is 2.00 e. The third-order valence-electron chi connectivity index (χ3n) is 19.0. The van der Waals surface area contributed by atoms with Gasteiger partial charge in [0.15, 0.2) is 0 Å². The number of hydrogen-bond acceptors (Lipinski definition) is 8. The second-order valence-corrected chi connectivity index (χ2v) is 26.7. The summed E-state index contributed by atoms with van der Waals surface area (Å²) >= 11 is 3.13. The van der Waals surface area contributed by atoms with Gasteiger partial charge in [-0.3, -0.25) is 19.2 Å². The topological polar surface area (TPSA) is 160 Å². The first-order valence-corrected chi connectivity index (χ1v) is 31.1. The van der Waals surface area contributed by atoms with E-state index < -0.39 is 34.6 Å². The number of ether oxygens (including phenoxy) is 3. The third kappa shape index (κ3) is 25.2. The molecule has 0 aromatic heterocycles. The number of alkyl halides is 1. The maximum Gasteiger partial charge on any atom is 2.00 e. The van der Waals surface area contributed by atoms with Crippen molar-refractivity contribution in [1.82, 2.24) is 0 Å². The number of aliphatic hydroxyl groups excluding tert-OH is 1. The number of hydrogen-bond donors (Lipinski definition) is 3. The number of halogens is 2. The van der Waals surface area contributed by atoms with Crippen molar-refractivity contribution >= 4 is 86.7 Å². The zero-order valence-corrected chi connectivity index (χ0v) is 55.5. The Bertz CT molecular complexity index is 1790. The van der Waals surface area contributed by atoms with Gasteiger partial charge in [0.05, 0.1) is 43.0 Å². The van der Waals surface area contributed by atoms with Gasteiger partial charge in [-0.25, -0.2) is 19.6 Å². The van der Waals surface area contributed by atoms with Crippen LogP contribution in [0.15, 0.2) is 63.3 Å². The number of carboxylic acid groups (broad SMARTS) is 2. The molecule has 0 amide bonds. The van der Waals surface area contributed by atoms with E-state index in [4.69, 9.17) is 14.2 Å². The van der Waals surface area contributed by atoms with Crippen molar-refractivity contribution in [3.05, 3.63) is 70.2 Å². The summed E-state index contributed by atoms with van der Waals surface area (Å²) in [6, 6.07) is 0. The summed E-state index contributed by atoms with van der Waals surface area (Å²) in [6.07, 6.45) is 36.0. The Balaban J connectivity index is 0. The number of carbonyl (C=O) groups excluding carboxylic acids is 2. The molecule has 3 N–H and O–H groups in total. The van der Waals surface area contributed by atoms with E-state index in [9.17, 15) is 34.5 Å². The van der Waals surface area contributed by atoms with Crippen LogP contribution in [-0.4, -0.2) is 122 Å². The number of allylic oxidation sites excluding steroid dienone is 5. The Kier molecular flexibility index (Phi) is 41.6. The van der Waals surface area contributed by atoms with Crippen LogP contribution >= 0.6 is 15.9 Å². The normalized spacial score (nSPS) is 31.3. The van der Waals surface area contributed by atoms with Crippen LogP contribution in [0.3, 0.4) is 0 Å². The summed E-state index contributed by atoms with van der Waals surface area (Å²) in [5.74, 6) is 3.37. The van der Waals surface area contributed by atoms with Crippen LogP contribution in [0.4, 0.5) is 0 Å². The number of unbranched alkanes of at least 4 members (excludes halogenated alkanes) is 3. The SMILES string of the molecule is C.C1C[C@@H]2C[C@H]1[C@H]1O[C@@H]21.C=CCBr.C=CCCC[C@@H]1[C@@H]2CC[C@@H](C2)[C@H]1O.C=CCCC[C@@H]1[C@@H]2CC[C@@H](C2)[C@H]1OC(=O)C[C@H](C(=O)O)C(C)(C)C.C=CCCC[C@H]1[C@H]2CC[C@H](C2)[C@@H]1OC(=O)C[C@H](C(=O)O)C(C)(C)C.C=C[CH2-].[B].[B][B].[Br-].[Mg+2]. The Hall–Kier alpha value is -1.71. The summed E-state index contributed by atoms with van der Waals surface area (Å²) < 4.78 is 17.1. The third-order valence-corrected chi connectivity index (χ3v) is 19.4. The van der Waals surface area contributed by atoms with Crippen molar-refractivity contribution < 1.29 is 65.7 Å². The molecule has 1 heterocycles. The fourth-order valence-electron chi connectivity index (χ4n) is 15.0. The number of rotatable bonds is 21. The predicted octanol–water partition coefficient (Wildman–Crippen LogP) is 11.5. The molecule has 9 aliphatic rings. The van der Waals surface area contributed by atoms with Gasteiger partial charge < -0.3 is 46.5 Å². The fourth-order valence-corrected chi connectivity index (χ4v) is 15.0. The minimum Gasteiger partial charge on any atom is -1.00 e. The predicted molar refractivity (Wildman–Crippen MR) is 340 cm³/mol. The summed E-state index contributed by atoms with van der Waals surface area (Å²) in [5, 5.41) is 29.7. The molecule has 457 valence electrons. The molecule has 8 bridgehead atoms. The average molecular weight is 1280 g/mol. The molecule has 9 rings (SSSR count). The number of aliphatic hydroxyl groups is 1. The van der Waals surface area contributed by atoms with Crippen LogP contribution in [0.1, 0.15) is 197 Å². The first-order chi connectivity index (χ1) is 37.1. The van der Waals surface area contributed by atoms with Crippen molar-refractivity contribution in [2.45, 2.75) is 227 Å². The molecule has 16 heteroatoms. The van der Waals surface area contributed by atoms with Crippen LogP contribution < -0.4 is 17.0 Å².